The van der Waals surface area contributed by atoms with Crippen LogP contribution in [0, 0.1) is 5.41 Å². The van der Waals surface area contributed by atoms with Gasteiger partial charge in [0.05, 0.1) is 6.61 Å². The van der Waals surface area contributed by atoms with Crippen LogP contribution in [0.25, 0.3) is 0 Å². The number of hydrogen-bond donors (Lipinski definition) is 0. The molecule has 0 heterocycles. The zero-order chi connectivity index (χ0) is 13.3. The largest absolute Gasteiger partial charge is 0.462 e. The molecular weight excluding hydrogens is 212 g/mol. The van der Waals surface area contributed by atoms with E-state index in [1.54, 1.807) is 6.92 Å². The standard InChI is InChI=1S/C15H28O2/c1-6-9-11-15(8-3,10-7-2)12-17-14(16)13(4)5/h4,6-12H2,1-3,5H3. The van der Waals surface area contributed by atoms with Gasteiger partial charge in [0, 0.05) is 11.0 Å². The molecule has 17 heavy (non-hydrogen) atoms. The topological polar surface area (TPSA) is 26.3 Å². The van der Waals surface area contributed by atoms with E-state index in [4.69, 9.17) is 4.74 Å². The maximum absolute atomic E-state index is 11.5. The van der Waals surface area contributed by atoms with Gasteiger partial charge >= 0.3 is 5.97 Å². The van der Waals surface area contributed by atoms with Crippen molar-refractivity contribution in [2.45, 2.75) is 66.2 Å². The maximum Gasteiger partial charge on any atom is 0.333 e. The number of esters is 1. The maximum atomic E-state index is 11.5. The molecule has 0 saturated heterocycles. The molecule has 2 nitrogen and oxygen atoms in total. The lowest BCUT2D eigenvalue weighted by atomic mass is 9.77. The fourth-order valence-electron chi connectivity index (χ4n) is 2.15. The van der Waals surface area contributed by atoms with Crippen LogP contribution in [0.4, 0.5) is 0 Å². The first-order chi connectivity index (χ1) is 8.01. The summed E-state index contributed by atoms with van der Waals surface area (Å²) >= 11 is 0. The lowest BCUT2D eigenvalue weighted by Crippen LogP contribution is -2.28. The highest BCUT2D eigenvalue weighted by molar-refractivity contribution is 5.86. The van der Waals surface area contributed by atoms with Gasteiger partial charge in [-0.25, -0.2) is 4.79 Å². The van der Waals surface area contributed by atoms with Gasteiger partial charge in [0.15, 0.2) is 0 Å². The minimum absolute atomic E-state index is 0.176. The number of carbonyl (C=O) groups excluding carboxylic acids is 1. The molecule has 0 saturated carbocycles. The van der Waals surface area contributed by atoms with Crippen LogP contribution in [0.2, 0.25) is 0 Å². The Morgan fingerprint density at radius 3 is 2.24 bits per heavy atom. The van der Waals surface area contributed by atoms with Gasteiger partial charge in [0.25, 0.3) is 0 Å². The average Bonchev–Trinajstić information content (AvgIpc) is 2.32. The molecule has 0 amide bonds. The summed E-state index contributed by atoms with van der Waals surface area (Å²) in [6, 6.07) is 0. The SMILES string of the molecule is C=C(C)C(=O)OCC(CC)(CCC)CCCC. The highest BCUT2D eigenvalue weighted by Gasteiger charge is 2.28. The van der Waals surface area contributed by atoms with Crippen molar-refractivity contribution in [2.75, 3.05) is 6.61 Å². The third kappa shape index (κ3) is 5.90. The van der Waals surface area contributed by atoms with Crippen molar-refractivity contribution in [1.29, 1.82) is 0 Å². The molecule has 2 heteroatoms. The van der Waals surface area contributed by atoms with E-state index >= 15 is 0 Å². The summed E-state index contributed by atoms with van der Waals surface area (Å²) < 4.78 is 5.37. The number of unbranched alkanes of at least 4 members (excludes halogenated alkanes) is 1. The summed E-state index contributed by atoms with van der Waals surface area (Å²) in [6.07, 6.45) is 6.90. The zero-order valence-electron chi connectivity index (χ0n) is 12.0. The van der Waals surface area contributed by atoms with E-state index in [9.17, 15) is 4.79 Å². The third-order valence-electron chi connectivity index (χ3n) is 3.45. The van der Waals surface area contributed by atoms with Crippen molar-refractivity contribution in [3.05, 3.63) is 12.2 Å². The Morgan fingerprint density at radius 2 is 1.82 bits per heavy atom. The number of ether oxygens (including phenoxy) is 1. The third-order valence-corrected chi connectivity index (χ3v) is 3.45. The van der Waals surface area contributed by atoms with Gasteiger partial charge in [0.1, 0.15) is 0 Å². The molecule has 0 N–H and O–H groups in total. The Labute approximate surface area is 106 Å². The van der Waals surface area contributed by atoms with Gasteiger partial charge in [-0.3, -0.25) is 0 Å². The molecule has 1 atom stereocenters. The summed E-state index contributed by atoms with van der Waals surface area (Å²) in [4.78, 5) is 11.5. The van der Waals surface area contributed by atoms with E-state index in [1.807, 2.05) is 0 Å². The number of carbonyl (C=O) groups is 1. The smallest absolute Gasteiger partial charge is 0.333 e. The van der Waals surface area contributed by atoms with E-state index in [0.717, 1.165) is 25.7 Å². The Hall–Kier alpha value is -0.790. The minimum atomic E-state index is -0.254. The van der Waals surface area contributed by atoms with Crippen molar-refractivity contribution in [2.24, 2.45) is 5.41 Å². The second kappa shape index (κ2) is 8.32. The molecule has 0 fully saturated rings. The minimum Gasteiger partial charge on any atom is -0.462 e. The van der Waals surface area contributed by atoms with Crippen LogP contribution < -0.4 is 0 Å². The fraction of sp³-hybridized carbons (Fsp3) is 0.800. The van der Waals surface area contributed by atoms with Crippen molar-refractivity contribution in [1.82, 2.24) is 0 Å². The van der Waals surface area contributed by atoms with E-state index in [-0.39, 0.29) is 11.4 Å². The van der Waals surface area contributed by atoms with Crippen LogP contribution in [0.5, 0.6) is 0 Å². The summed E-state index contributed by atoms with van der Waals surface area (Å²) in [6.45, 7) is 12.4. The van der Waals surface area contributed by atoms with Gasteiger partial charge < -0.3 is 4.74 Å². The first-order valence-corrected chi connectivity index (χ1v) is 6.84. The van der Waals surface area contributed by atoms with Crippen LogP contribution >= 0.6 is 0 Å². The van der Waals surface area contributed by atoms with Crippen LogP contribution in [-0.4, -0.2) is 12.6 Å². The second-order valence-electron chi connectivity index (χ2n) is 5.06. The summed E-state index contributed by atoms with van der Waals surface area (Å²) in [5, 5.41) is 0. The fourth-order valence-corrected chi connectivity index (χ4v) is 2.15. The van der Waals surface area contributed by atoms with Crippen molar-refractivity contribution >= 4 is 5.97 Å². The molecule has 0 bridgehead atoms. The Bertz CT molecular complexity index is 245. The molecule has 0 aromatic carbocycles. The van der Waals surface area contributed by atoms with Crippen molar-refractivity contribution in [3.8, 4) is 0 Å². The predicted octanol–water partition coefficient (Wildman–Crippen LogP) is 4.49. The molecule has 0 radical (unpaired) electrons. The normalized spacial score (nSPS) is 14.1. The number of rotatable bonds is 9. The van der Waals surface area contributed by atoms with Crippen molar-refractivity contribution in [3.63, 3.8) is 0 Å². The monoisotopic (exact) mass is 240 g/mol. The van der Waals surface area contributed by atoms with E-state index in [0.29, 0.717) is 12.2 Å². The molecule has 0 aromatic heterocycles. The second-order valence-corrected chi connectivity index (χ2v) is 5.06. The molecule has 0 aliphatic rings. The van der Waals surface area contributed by atoms with Gasteiger partial charge in [-0.05, 0) is 26.2 Å². The van der Waals surface area contributed by atoms with Gasteiger partial charge in [-0.15, -0.1) is 0 Å². The Kier molecular flexibility index (Phi) is 7.94. The van der Waals surface area contributed by atoms with Crippen LogP contribution in [-0.2, 0) is 9.53 Å². The first kappa shape index (κ1) is 16.2. The van der Waals surface area contributed by atoms with Crippen LogP contribution in [0.3, 0.4) is 0 Å². The summed E-state index contributed by atoms with van der Waals surface area (Å²) in [5.74, 6) is -0.254. The van der Waals surface area contributed by atoms with E-state index in [2.05, 4.69) is 27.4 Å². The molecule has 0 aliphatic carbocycles. The first-order valence-electron chi connectivity index (χ1n) is 6.84. The molecule has 0 aliphatic heterocycles. The summed E-state index contributed by atoms with van der Waals surface area (Å²) in [5.41, 5.74) is 0.664. The Morgan fingerprint density at radius 1 is 1.18 bits per heavy atom. The lowest BCUT2D eigenvalue weighted by Gasteiger charge is -2.32. The lowest BCUT2D eigenvalue weighted by molar-refractivity contribution is -0.143. The molecule has 0 spiro atoms. The molecular formula is C15H28O2. The predicted molar refractivity (Wildman–Crippen MR) is 72.9 cm³/mol. The highest BCUT2D eigenvalue weighted by atomic mass is 16.5. The van der Waals surface area contributed by atoms with Gasteiger partial charge in [0.2, 0.25) is 0 Å². The quantitative estimate of drug-likeness (QED) is 0.438. The van der Waals surface area contributed by atoms with E-state index < -0.39 is 0 Å². The van der Waals surface area contributed by atoms with Gasteiger partial charge in [-0.2, -0.15) is 0 Å². The van der Waals surface area contributed by atoms with Gasteiger partial charge in [-0.1, -0.05) is 46.6 Å². The Balaban J connectivity index is 4.44. The van der Waals surface area contributed by atoms with E-state index in [1.165, 1.54) is 12.8 Å². The molecule has 100 valence electrons. The van der Waals surface area contributed by atoms with Crippen LogP contribution in [0.1, 0.15) is 66.2 Å². The summed E-state index contributed by atoms with van der Waals surface area (Å²) in [7, 11) is 0. The highest BCUT2D eigenvalue weighted by Crippen LogP contribution is 2.34. The number of hydrogen-bond acceptors (Lipinski definition) is 2. The van der Waals surface area contributed by atoms with Crippen LogP contribution in [0.15, 0.2) is 12.2 Å². The molecule has 0 rings (SSSR count). The van der Waals surface area contributed by atoms with Crippen molar-refractivity contribution < 1.29 is 9.53 Å². The molecule has 0 aromatic rings. The molecule has 1 unspecified atom stereocenters. The average molecular weight is 240 g/mol. The zero-order valence-corrected chi connectivity index (χ0v) is 12.0.